The zero-order valence-corrected chi connectivity index (χ0v) is 17.9. The van der Waals surface area contributed by atoms with E-state index in [9.17, 15) is 9.59 Å². The second-order valence-electron chi connectivity index (χ2n) is 6.72. The summed E-state index contributed by atoms with van der Waals surface area (Å²) in [5.74, 6) is 1.54. The highest BCUT2D eigenvalue weighted by Crippen LogP contribution is 2.38. The third-order valence-corrected chi connectivity index (χ3v) is 5.01. The van der Waals surface area contributed by atoms with Crippen LogP contribution in [0.15, 0.2) is 18.2 Å². The van der Waals surface area contributed by atoms with E-state index in [-0.39, 0.29) is 17.9 Å². The minimum atomic E-state index is -0.193. The van der Waals surface area contributed by atoms with Crippen molar-refractivity contribution in [2.75, 3.05) is 54.1 Å². The second-order valence-corrected chi connectivity index (χ2v) is 6.72. The summed E-state index contributed by atoms with van der Waals surface area (Å²) < 4.78 is 16.0. The molecule has 1 N–H and O–H groups in total. The number of nitrogens with zero attached hydrogens (tertiary/aromatic N) is 2. The highest BCUT2D eigenvalue weighted by atomic mass is 16.5. The van der Waals surface area contributed by atoms with Gasteiger partial charge in [-0.2, -0.15) is 0 Å². The van der Waals surface area contributed by atoms with Gasteiger partial charge in [-0.3, -0.25) is 14.5 Å². The van der Waals surface area contributed by atoms with Gasteiger partial charge in [0.15, 0.2) is 11.5 Å². The molecule has 1 atom stereocenters. The number of likely N-dealkylation sites (N-methyl/N-ethyl adjacent to an activating group) is 1. The van der Waals surface area contributed by atoms with Gasteiger partial charge >= 0.3 is 0 Å². The lowest BCUT2D eigenvalue weighted by molar-refractivity contribution is -0.130. The monoisotopic (exact) mass is 405 g/mol. The van der Waals surface area contributed by atoms with E-state index < -0.39 is 0 Å². The number of piperazine rings is 1. The number of rotatable bonds is 8. The van der Waals surface area contributed by atoms with Crippen molar-refractivity contribution in [2.45, 2.75) is 19.9 Å². The Kier molecular flexibility index (Phi) is 8.33. The molecular weight excluding hydrogens is 374 g/mol. The summed E-state index contributed by atoms with van der Waals surface area (Å²) in [6.45, 7) is 6.93. The van der Waals surface area contributed by atoms with Crippen LogP contribution < -0.4 is 19.5 Å². The highest BCUT2D eigenvalue weighted by Gasteiger charge is 2.26. The molecule has 1 heterocycles. The van der Waals surface area contributed by atoms with Gasteiger partial charge in [-0.25, -0.2) is 0 Å². The lowest BCUT2D eigenvalue weighted by Crippen LogP contribution is -2.54. The normalized spacial score (nSPS) is 15.8. The van der Waals surface area contributed by atoms with E-state index in [1.165, 1.54) is 0 Å². The smallest absolute Gasteiger partial charge is 0.246 e. The predicted molar refractivity (Wildman–Crippen MR) is 111 cm³/mol. The Labute approximate surface area is 172 Å². The average molecular weight is 405 g/mol. The summed E-state index contributed by atoms with van der Waals surface area (Å²) in [4.78, 5) is 28.4. The Morgan fingerprint density at radius 1 is 1.07 bits per heavy atom. The largest absolute Gasteiger partial charge is 0.493 e. The molecule has 0 radical (unpaired) electrons. The number of methoxy groups -OCH3 is 3. The SMILES string of the molecule is CCNC(=O)C(C)N1CCN(C(=O)/C=C/c2cc(OC)c(OC)c(OC)c2)CC1. The summed E-state index contributed by atoms with van der Waals surface area (Å²) in [7, 11) is 4.65. The van der Waals surface area contributed by atoms with Gasteiger partial charge < -0.3 is 24.4 Å². The van der Waals surface area contributed by atoms with Crippen molar-refractivity contribution in [1.29, 1.82) is 0 Å². The number of ether oxygens (including phenoxy) is 3. The van der Waals surface area contributed by atoms with E-state index in [4.69, 9.17) is 14.2 Å². The zero-order valence-electron chi connectivity index (χ0n) is 17.9. The van der Waals surface area contributed by atoms with E-state index in [1.54, 1.807) is 50.5 Å². The molecule has 1 aromatic carbocycles. The quantitative estimate of drug-likeness (QED) is 0.659. The van der Waals surface area contributed by atoms with Crippen molar-refractivity contribution in [3.05, 3.63) is 23.8 Å². The topological polar surface area (TPSA) is 80.3 Å². The van der Waals surface area contributed by atoms with Crippen LogP contribution in [0.1, 0.15) is 19.4 Å². The average Bonchev–Trinajstić information content (AvgIpc) is 2.76. The van der Waals surface area contributed by atoms with Crippen LogP contribution in [0.25, 0.3) is 6.08 Å². The zero-order chi connectivity index (χ0) is 21.4. The van der Waals surface area contributed by atoms with Gasteiger partial charge in [-0.05, 0) is 37.6 Å². The first-order chi connectivity index (χ1) is 13.9. The minimum absolute atomic E-state index is 0.0228. The van der Waals surface area contributed by atoms with Crippen LogP contribution in [0.3, 0.4) is 0 Å². The van der Waals surface area contributed by atoms with E-state index in [2.05, 4.69) is 10.2 Å². The Bertz CT molecular complexity index is 717. The fraction of sp³-hybridized carbons (Fsp3) is 0.524. The second kappa shape index (κ2) is 10.7. The van der Waals surface area contributed by atoms with E-state index >= 15 is 0 Å². The molecule has 8 heteroatoms. The van der Waals surface area contributed by atoms with Crippen LogP contribution in [-0.4, -0.2) is 81.7 Å². The molecule has 1 aliphatic heterocycles. The van der Waals surface area contributed by atoms with Crippen molar-refractivity contribution in [3.8, 4) is 17.2 Å². The first kappa shape index (κ1) is 22.5. The fourth-order valence-electron chi connectivity index (χ4n) is 3.29. The first-order valence-corrected chi connectivity index (χ1v) is 9.73. The number of hydrogen-bond acceptors (Lipinski definition) is 6. The molecule has 2 amide bonds. The Hall–Kier alpha value is -2.74. The molecule has 0 saturated carbocycles. The van der Waals surface area contributed by atoms with Gasteiger partial charge in [0.1, 0.15) is 0 Å². The number of benzene rings is 1. The van der Waals surface area contributed by atoms with Crippen LogP contribution in [0.2, 0.25) is 0 Å². The van der Waals surface area contributed by atoms with Crippen LogP contribution in [0.4, 0.5) is 0 Å². The number of carbonyl (C=O) groups excluding carboxylic acids is 2. The van der Waals surface area contributed by atoms with E-state index in [0.29, 0.717) is 50.0 Å². The summed E-state index contributed by atoms with van der Waals surface area (Å²) >= 11 is 0. The minimum Gasteiger partial charge on any atom is -0.493 e. The Balaban J connectivity index is 1.99. The van der Waals surface area contributed by atoms with Crippen molar-refractivity contribution in [3.63, 3.8) is 0 Å². The maximum Gasteiger partial charge on any atom is 0.246 e. The molecule has 160 valence electrons. The molecule has 2 rings (SSSR count). The molecule has 1 aromatic rings. The third kappa shape index (κ3) is 5.63. The van der Waals surface area contributed by atoms with Gasteiger partial charge in [0.25, 0.3) is 0 Å². The number of nitrogens with one attached hydrogen (secondary N) is 1. The Morgan fingerprint density at radius 2 is 1.66 bits per heavy atom. The molecule has 8 nitrogen and oxygen atoms in total. The van der Waals surface area contributed by atoms with E-state index in [1.807, 2.05) is 13.8 Å². The number of carbonyl (C=O) groups is 2. The molecule has 1 unspecified atom stereocenters. The van der Waals surface area contributed by atoms with Crippen LogP contribution in [0.5, 0.6) is 17.2 Å². The molecule has 1 saturated heterocycles. The maximum atomic E-state index is 12.6. The van der Waals surface area contributed by atoms with Gasteiger partial charge in [0.2, 0.25) is 17.6 Å². The van der Waals surface area contributed by atoms with Crippen LogP contribution >= 0.6 is 0 Å². The maximum absolute atomic E-state index is 12.6. The Morgan fingerprint density at radius 3 is 2.14 bits per heavy atom. The molecule has 1 fully saturated rings. The molecule has 29 heavy (non-hydrogen) atoms. The van der Waals surface area contributed by atoms with Crippen molar-refractivity contribution >= 4 is 17.9 Å². The van der Waals surface area contributed by atoms with Gasteiger partial charge in [0, 0.05) is 38.8 Å². The standard InChI is InChI=1S/C21H31N3O5/c1-6-22-21(26)15(2)23-9-11-24(12-10-23)19(25)8-7-16-13-17(27-3)20(29-5)18(14-16)28-4/h7-8,13-15H,6,9-12H2,1-5H3,(H,22,26)/b8-7+. The molecule has 0 aromatic heterocycles. The lowest BCUT2D eigenvalue weighted by atomic mass is 10.1. The summed E-state index contributed by atoms with van der Waals surface area (Å²) in [6.07, 6.45) is 3.28. The first-order valence-electron chi connectivity index (χ1n) is 9.73. The van der Waals surface area contributed by atoms with Crippen molar-refractivity contribution < 1.29 is 23.8 Å². The molecule has 1 aliphatic rings. The van der Waals surface area contributed by atoms with Gasteiger partial charge in [-0.15, -0.1) is 0 Å². The van der Waals surface area contributed by atoms with Crippen molar-refractivity contribution in [1.82, 2.24) is 15.1 Å². The molecule has 0 aliphatic carbocycles. The summed E-state index contributed by atoms with van der Waals surface area (Å²) in [5, 5.41) is 2.84. The van der Waals surface area contributed by atoms with E-state index in [0.717, 1.165) is 5.56 Å². The van der Waals surface area contributed by atoms with Crippen LogP contribution in [0, 0.1) is 0 Å². The highest BCUT2D eigenvalue weighted by molar-refractivity contribution is 5.92. The van der Waals surface area contributed by atoms with Crippen LogP contribution in [-0.2, 0) is 9.59 Å². The van der Waals surface area contributed by atoms with Gasteiger partial charge in [-0.1, -0.05) is 0 Å². The number of hydrogen-bond donors (Lipinski definition) is 1. The lowest BCUT2D eigenvalue weighted by Gasteiger charge is -2.37. The summed E-state index contributed by atoms with van der Waals surface area (Å²) in [6, 6.07) is 3.38. The predicted octanol–water partition coefficient (Wildman–Crippen LogP) is 1.39. The molecule has 0 spiro atoms. The molecule has 0 bridgehead atoms. The third-order valence-electron chi connectivity index (χ3n) is 5.01. The summed E-state index contributed by atoms with van der Waals surface area (Å²) in [5.41, 5.74) is 0.774. The fourth-order valence-corrected chi connectivity index (χ4v) is 3.29. The van der Waals surface area contributed by atoms with Crippen molar-refractivity contribution in [2.24, 2.45) is 0 Å². The van der Waals surface area contributed by atoms with Gasteiger partial charge in [0.05, 0.1) is 27.4 Å². The molecular formula is C21H31N3O5. The number of amides is 2.